The molecule has 0 rings (SSSR count). The maximum absolute atomic E-state index is 0. The second-order valence-electron chi connectivity index (χ2n) is 0. The van der Waals surface area contributed by atoms with Gasteiger partial charge in [0.2, 0.25) is 0 Å². The average Bonchev–Trinajstić information content (AvgIpc) is 0. The van der Waals surface area contributed by atoms with Crippen molar-refractivity contribution in [2.75, 3.05) is 0 Å². The molecule has 0 heterocycles. The quantitative estimate of drug-likeness (QED) is 0.329. The normalized spacial score (nSPS) is 0. The summed E-state index contributed by atoms with van der Waals surface area (Å²) in [5.74, 6) is 0. The predicted molar refractivity (Wildman–Crippen MR) is 58.2 cm³/mol. The van der Waals surface area contributed by atoms with E-state index in [1.807, 2.05) is 0 Å². The monoisotopic (exact) mass is 285 g/mol. The molecule has 0 radical (unpaired) electrons. The third-order valence-electron chi connectivity index (χ3n) is 0. The van der Waals surface area contributed by atoms with E-state index in [9.17, 15) is 0 Å². The van der Waals surface area contributed by atoms with E-state index in [0.717, 1.165) is 0 Å². The molecule has 0 fully saturated rings. The van der Waals surface area contributed by atoms with Crippen LogP contribution in [0.25, 0.3) is 0 Å². The molecule has 0 aromatic heterocycles. The van der Waals surface area contributed by atoms with Crippen LogP contribution in [0.5, 0.6) is 0 Å². The Balaban J connectivity index is 0. The number of hydrogen-bond donors (Lipinski definition) is 0. The summed E-state index contributed by atoms with van der Waals surface area (Å²) in [4.78, 5) is 0. The molecule has 0 aliphatic carbocycles. The zero-order valence-corrected chi connectivity index (χ0v) is 10.5. The standard InChI is InChI=1S/3CH4.HI.K.H3P.H2S.H/h3*1H4;1H;;1H3;1H2;/q;;;;+1;;;-1/i;;;;;;;1+1. The minimum Gasteiger partial charge on any atom is -1.00 e. The van der Waals surface area contributed by atoms with Crippen LogP contribution >= 0.6 is 47.4 Å². The van der Waals surface area contributed by atoms with Crippen molar-refractivity contribution in [1.82, 2.24) is 0 Å². The fraction of sp³-hybridized carbons (Fsp3) is 1.00. The Morgan fingerprint density at radius 3 is 0.857 bits per heavy atom. The number of hydrogen-bond acceptors (Lipinski definition) is 0. The fourth-order valence-electron chi connectivity index (χ4n) is 0. The third-order valence-corrected chi connectivity index (χ3v) is 0. The topological polar surface area (TPSA) is 0 Å². The first-order valence-electron chi connectivity index (χ1n) is 0. The first-order valence-corrected chi connectivity index (χ1v) is 0. The van der Waals surface area contributed by atoms with Gasteiger partial charge in [0.05, 0.1) is 0 Å². The molecular weight excluding hydrogens is 265 g/mol. The van der Waals surface area contributed by atoms with Gasteiger partial charge >= 0.3 is 51.4 Å². The summed E-state index contributed by atoms with van der Waals surface area (Å²) in [7, 11) is 0. The van der Waals surface area contributed by atoms with Crippen molar-refractivity contribution in [2.45, 2.75) is 22.3 Å². The first kappa shape index (κ1) is 85.7. The van der Waals surface area contributed by atoms with Crippen LogP contribution in [0.4, 0.5) is 0 Å². The summed E-state index contributed by atoms with van der Waals surface area (Å²) in [6.45, 7) is 0. The zero-order chi connectivity index (χ0) is 0. The Bertz CT molecular complexity index is 19.2. The van der Waals surface area contributed by atoms with Crippen LogP contribution in [-0.4, -0.2) is 0 Å². The van der Waals surface area contributed by atoms with Crippen molar-refractivity contribution in [2.24, 2.45) is 0 Å². The van der Waals surface area contributed by atoms with Gasteiger partial charge in [0.1, 0.15) is 0 Å². The molecule has 0 nitrogen and oxygen atoms in total. The van der Waals surface area contributed by atoms with Gasteiger partial charge in [-0.2, -0.15) is 23.4 Å². The SMILES string of the molecule is C.C.C.I.P.S.[2H-].[K+]. The molecule has 4 heteroatoms. The molecule has 7 heavy (non-hydrogen) atoms. The summed E-state index contributed by atoms with van der Waals surface area (Å²) < 4.78 is 0. The maximum atomic E-state index is 0. The van der Waals surface area contributed by atoms with Crippen molar-refractivity contribution in [1.29, 1.82) is 0 Å². The molecule has 0 aliphatic heterocycles. The van der Waals surface area contributed by atoms with Gasteiger partial charge in [-0.3, -0.25) is 0 Å². The first-order chi connectivity index (χ1) is 0. The Morgan fingerprint density at radius 1 is 0.857 bits per heavy atom. The van der Waals surface area contributed by atoms with Gasteiger partial charge in [0.15, 0.2) is 0 Å². The Kier molecular flexibility index (Phi) is 751. The van der Waals surface area contributed by atoms with E-state index in [2.05, 4.69) is 0 Å². The summed E-state index contributed by atoms with van der Waals surface area (Å²) >= 11 is 0. The van der Waals surface area contributed by atoms with E-state index < -0.39 is 0 Å². The van der Waals surface area contributed by atoms with Crippen LogP contribution in [0.1, 0.15) is 23.7 Å². The Labute approximate surface area is 120 Å². The van der Waals surface area contributed by atoms with Gasteiger partial charge in [-0.05, 0) is 0 Å². The summed E-state index contributed by atoms with van der Waals surface area (Å²) in [6, 6.07) is 0. The second-order valence-corrected chi connectivity index (χ2v) is 0. The zero-order valence-electron chi connectivity index (χ0n) is 3.62. The van der Waals surface area contributed by atoms with Gasteiger partial charge in [-0.1, -0.05) is 22.3 Å². The molecule has 0 saturated carbocycles. The van der Waals surface area contributed by atoms with Crippen molar-refractivity contribution in [3.05, 3.63) is 0 Å². The Hall–Kier alpha value is 3.15. The molecule has 0 aromatic carbocycles. The number of rotatable bonds is 0. The van der Waals surface area contributed by atoms with Crippen molar-refractivity contribution in [3.63, 3.8) is 0 Å². The van der Waals surface area contributed by atoms with Crippen LogP contribution in [0.15, 0.2) is 0 Å². The molecule has 0 N–H and O–H groups in total. The molecule has 50 valence electrons. The second kappa shape index (κ2) is 61.3. The van der Waals surface area contributed by atoms with Crippen LogP contribution in [0.3, 0.4) is 0 Å². The minimum atomic E-state index is 0. The molecule has 0 amide bonds. The van der Waals surface area contributed by atoms with Gasteiger partial charge in [0, 0.05) is 0 Å². The van der Waals surface area contributed by atoms with Crippen LogP contribution in [-0.2, 0) is 0 Å². The molecule has 1 atom stereocenters. The van der Waals surface area contributed by atoms with Crippen LogP contribution < -0.4 is 51.4 Å². The predicted octanol–water partition coefficient (Wildman–Crippen LogP) is -0.186. The molecule has 0 aliphatic rings. The van der Waals surface area contributed by atoms with E-state index in [1.54, 1.807) is 0 Å². The van der Waals surface area contributed by atoms with Gasteiger partial charge in [-0.15, -0.1) is 24.0 Å². The Morgan fingerprint density at radius 2 is 0.857 bits per heavy atom. The van der Waals surface area contributed by atoms with Crippen molar-refractivity contribution < 1.29 is 52.8 Å². The van der Waals surface area contributed by atoms with Crippen molar-refractivity contribution in [3.8, 4) is 0 Å². The minimum absolute atomic E-state index is 0. The van der Waals surface area contributed by atoms with E-state index >= 15 is 0 Å². The molecule has 0 spiro atoms. The van der Waals surface area contributed by atoms with E-state index in [0.29, 0.717) is 0 Å². The number of halogens is 1. The summed E-state index contributed by atoms with van der Waals surface area (Å²) in [6.07, 6.45) is 0. The third kappa shape index (κ3) is 47.2. The smallest absolute Gasteiger partial charge is 1.00 e. The maximum Gasteiger partial charge on any atom is 1.00 e. The molecule has 0 bridgehead atoms. The summed E-state index contributed by atoms with van der Waals surface area (Å²) in [5, 5.41) is 0. The van der Waals surface area contributed by atoms with E-state index in [4.69, 9.17) is 0 Å². The molecular formula is C3H19IKPS. The summed E-state index contributed by atoms with van der Waals surface area (Å²) in [5.41, 5.74) is 0. The van der Waals surface area contributed by atoms with E-state index in [-0.39, 0.29) is 122 Å². The van der Waals surface area contributed by atoms with E-state index in [1.165, 1.54) is 0 Å². The molecule has 0 aromatic rings. The largest absolute Gasteiger partial charge is 1.00 e. The van der Waals surface area contributed by atoms with Crippen LogP contribution in [0, 0.1) is 0 Å². The molecule has 1 unspecified atom stereocenters. The molecule has 0 saturated heterocycles. The van der Waals surface area contributed by atoms with Crippen LogP contribution in [0.2, 0.25) is 0 Å². The van der Waals surface area contributed by atoms with Gasteiger partial charge in [-0.25, -0.2) is 0 Å². The van der Waals surface area contributed by atoms with Gasteiger partial charge < -0.3 is 1.43 Å². The van der Waals surface area contributed by atoms with Crippen molar-refractivity contribution >= 4 is 47.4 Å². The van der Waals surface area contributed by atoms with Gasteiger partial charge in [0.25, 0.3) is 0 Å². The average molecular weight is 285 g/mol. The fourth-order valence-corrected chi connectivity index (χ4v) is 0.